The number of benzene rings is 1. The van der Waals surface area contributed by atoms with E-state index >= 15 is 0 Å². The number of nitrogens with zero attached hydrogens (tertiary/aromatic N) is 2. The minimum atomic E-state index is -0.298. The number of halogens is 2. The zero-order valence-corrected chi connectivity index (χ0v) is 13.0. The van der Waals surface area contributed by atoms with Crippen molar-refractivity contribution in [1.82, 2.24) is 9.55 Å². The first-order valence-corrected chi connectivity index (χ1v) is 8.05. The van der Waals surface area contributed by atoms with Crippen molar-refractivity contribution in [3.8, 4) is 0 Å². The maximum Gasteiger partial charge on any atom is 0.201 e. The fourth-order valence-electron chi connectivity index (χ4n) is 3.21. The van der Waals surface area contributed by atoms with Crippen molar-refractivity contribution in [3.63, 3.8) is 0 Å². The molecule has 0 spiro atoms. The van der Waals surface area contributed by atoms with Crippen molar-refractivity contribution in [2.75, 3.05) is 5.73 Å². The highest BCUT2D eigenvalue weighted by Crippen LogP contribution is 2.30. The number of aryl methyl sites for hydroxylation is 1. The van der Waals surface area contributed by atoms with Crippen LogP contribution >= 0.6 is 15.9 Å². The van der Waals surface area contributed by atoms with E-state index < -0.39 is 0 Å². The number of aromatic nitrogens is 2. The van der Waals surface area contributed by atoms with E-state index in [2.05, 4.69) is 20.9 Å². The van der Waals surface area contributed by atoms with Crippen molar-refractivity contribution >= 4 is 32.9 Å². The van der Waals surface area contributed by atoms with Gasteiger partial charge in [-0.2, -0.15) is 0 Å². The molecule has 1 saturated carbocycles. The summed E-state index contributed by atoms with van der Waals surface area (Å²) in [6.07, 6.45) is 7.87. The predicted molar refractivity (Wildman–Crippen MR) is 83.0 cm³/mol. The van der Waals surface area contributed by atoms with E-state index in [4.69, 9.17) is 5.73 Å². The van der Waals surface area contributed by atoms with Crippen LogP contribution in [-0.4, -0.2) is 9.55 Å². The largest absolute Gasteiger partial charge is 0.369 e. The summed E-state index contributed by atoms with van der Waals surface area (Å²) in [5.74, 6) is 1.06. The molecule has 5 heteroatoms. The number of hydrogen-bond acceptors (Lipinski definition) is 2. The van der Waals surface area contributed by atoms with E-state index in [9.17, 15) is 4.39 Å². The van der Waals surface area contributed by atoms with Crippen molar-refractivity contribution in [2.45, 2.75) is 45.1 Å². The lowest BCUT2D eigenvalue weighted by atomic mass is 10.0. The third-order valence-corrected chi connectivity index (χ3v) is 4.90. The lowest BCUT2D eigenvalue weighted by molar-refractivity contribution is 0.462. The van der Waals surface area contributed by atoms with Gasteiger partial charge in [-0.1, -0.05) is 25.7 Å². The fourth-order valence-corrected chi connectivity index (χ4v) is 3.54. The van der Waals surface area contributed by atoms with Gasteiger partial charge in [-0.05, 0) is 40.8 Å². The Kier molecular flexibility index (Phi) is 3.96. The van der Waals surface area contributed by atoms with Gasteiger partial charge in [0.05, 0.1) is 15.5 Å². The first-order valence-electron chi connectivity index (χ1n) is 7.26. The molecule has 0 atom stereocenters. The predicted octanol–water partition coefficient (Wildman–Crippen LogP) is 4.49. The Bertz CT molecular complexity index is 617. The van der Waals surface area contributed by atoms with E-state index in [1.807, 2.05) is 4.57 Å². The van der Waals surface area contributed by atoms with Gasteiger partial charge in [-0.25, -0.2) is 9.37 Å². The van der Waals surface area contributed by atoms with Gasteiger partial charge in [-0.3, -0.25) is 0 Å². The van der Waals surface area contributed by atoms with Gasteiger partial charge in [-0.15, -0.1) is 0 Å². The zero-order valence-electron chi connectivity index (χ0n) is 11.4. The Balaban J connectivity index is 1.76. The summed E-state index contributed by atoms with van der Waals surface area (Å²) in [4.78, 5) is 4.25. The quantitative estimate of drug-likeness (QED) is 0.891. The Morgan fingerprint density at radius 3 is 2.85 bits per heavy atom. The van der Waals surface area contributed by atoms with Gasteiger partial charge in [0.25, 0.3) is 0 Å². The molecule has 1 heterocycles. The highest BCUT2D eigenvalue weighted by Gasteiger charge is 2.15. The second kappa shape index (κ2) is 5.72. The first kappa shape index (κ1) is 13.9. The van der Waals surface area contributed by atoms with Crippen LogP contribution in [0.2, 0.25) is 0 Å². The van der Waals surface area contributed by atoms with Crippen molar-refractivity contribution < 1.29 is 4.39 Å². The molecule has 2 aromatic rings. The SMILES string of the molecule is Nc1nc2cc(F)c(Br)cc2n1CCCC1CCCC1. The van der Waals surface area contributed by atoms with Gasteiger partial charge < -0.3 is 10.3 Å². The molecule has 1 aromatic carbocycles. The lowest BCUT2D eigenvalue weighted by Gasteiger charge is -2.10. The van der Waals surface area contributed by atoms with Crippen LogP contribution in [0.25, 0.3) is 11.0 Å². The summed E-state index contributed by atoms with van der Waals surface area (Å²) in [6, 6.07) is 3.20. The summed E-state index contributed by atoms with van der Waals surface area (Å²) < 4.78 is 16.0. The van der Waals surface area contributed by atoms with E-state index in [1.54, 1.807) is 6.07 Å². The van der Waals surface area contributed by atoms with E-state index in [-0.39, 0.29) is 5.82 Å². The third-order valence-electron chi connectivity index (χ3n) is 4.29. The fraction of sp³-hybridized carbons (Fsp3) is 0.533. The van der Waals surface area contributed by atoms with Crippen molar-refractivity contribution in [3.05, 3.63) is 22.4 Å². The highest BCUT2D eigenvalue weighted by molar-refractivity contribution is 9.10. The summed E-state index contributed by atoms with van der Waals surface area (Å²) in [5, 5.41) is 0. The smallest absolute Gasteiger partial charge is 0.201 e. The summed E-state index contributed by atoms with van der Waals surface area (Å²) >= 11 is 3.22. The average Bonchev–Trinajstić information content (AvgIpc) is 3.01. The van der Waals surface area contributed by atoms with E-state index in [0.717, 1.165) is 24.4 Å². The van der Waals surface area contributed by atoms with Gasteiger partial charge in [0.1, 0.15) is 5.82 Å². The van der Waals surface area contributed by atoms with Gasteiger partial charge >= 0.3 is 0 Å². The van der Waals surface area contributed by atoms with Crippen LogP contribution in [0.4, 0.5) is 10.3 Å². The van der Waals surface area contributed by atoms with Crippen molar-refractivity contribution in [1.29, 1.82) is 0 Å². The monoisotopic (exact) mass is 339 g/mol. The minimum absolute atomic E-state index is 0.298. The molecule has 0 bridgehead atoms. The van der Waals surface area contributed by atoms with Crippen LogP contribution in [0.3, 0.4) is 0 Å². The summed E-state index contributed by atoms with van der Waals surface area (Å²) in [5.41, 5.74) is 7.50. The van der Waals surface area contributed by atoms with Crippen LogP contribution in [0.1, 0.15) is 38.5 Å². The van der Waals surface area contributed by atoms with E-state index in [0.29, 0.717) is 15.9 Å². The Morgan fingerprint density at radius 1 is 1.35 bits per heavy atom. The van der Waals surface area contributed by atoms with Crippen LogP contribution in [0.15, 0.2) is 16.6 Å². The molecule has 2 N–H and O–H groups in total. The van der Waals surface area contributed by atoms with Crippen LogP contribution in [0.5, 0.6) is 0 Å². The number of fused-ring (bicyclic) bond motifs is 1. The Labute approximate surface area is 126 Å². The van der Waals surface area contributed by atoms with Crippen LogP contribution < -0.4 is 5.73 Å². The maximum atomic E-state index is 13.5. The second-order valence-corrected chi connectivity index (χ2v) is 6.52. The lowest BCUT2D eigenvalue weighted by Crippen LogP contribution is -2.05. The number of nitrogens with two attached hydrogens (primary N) is 1. The molecule has 1 aromatic heterocycles. The standard InChI is InChI=1S/C15H19BrFN3/c16-11-8-14-13(9-12(11)17)19-15(18)20(14)7-3-6-10-4-1-2-5-10/h8-10H,1-7H2,(H2,18,19). The molecule has 0 radical (unpaired) electrons. The highest BCUT2D eigenvalue weighted by atomic mass is 79.9. The molecular formula is C15H19BrFN3. The first-order chi connectivity index (χ1) is 9.65. The summed E-state index contributed by atoms with van der Waals surface area (Å²) in [7, 11) is 0. The number of nitrogen functional groups attached to an aromatic ring is 1. The molecule has 20 heavy (non-hydrogen) atoms. The molecule has 1 aliphatic rings. The molecule has 1 aliphatic carbocycles. The molecule has 0 unspecified atom stereocenters. The Morgan fingerprint density at radius 2 is 2.10 bits per heavy atom. The molecule has 0 aliphatic heterocycles. The normalized spacial score (nSPS) is 16.3. The third kappa shape index (κ3) is 2.68. The van der Waals surface area contributed by atoms with Crippen molar-refractivity contribution in [2.24, 2.45) is 5.92 Å². The van der Waals surface area contributed by atoms with Gasteiger partial charge in [0.15, 0.2) is 0 Å². The number of anilines is 1. The molecule has 0 saturated heterocycles. The van der Waals surface area contributed by atoms with Crippen LogP contribution in [0, 0.1) is 11.7 Å². The van der Waals surface area contributed by atoms with E-state index in [1.165, 1.54) is 38.2 Å². The Hall–Kier alpha value is -1.10. The van der Waals surface area contributed by atoms with Crippen LogP contribution in [-0.2, 0) is 6.54 Å². The second-order valence-electron chi connectivity index (χ2n) is 5.67. The molecule has 0 amide bonds. The number of rotatable bonds is 4. The minimum Gasteiger partial charge on any atom is -0.369 e. The average molecular weight is 340 g/mol. The topological polar surface area (TPSA) is 43.8 Å². The molecular weight excluding hydrogens is 321 g/mol. The summed E-state index contributed by atoms with van der Waals surface area (Å²) in [6.45, 7) is 0.858. The number of imidazole rings is 1. The molecule has 3 nitrogen and oxygen atoms in total. The molecule has 3 rings (SSSR count). The van der Waals surface area contributed by atoms with Gasteiger partial charge in [0, 0.05) is 12.6 Å². The number of hydrogen-bond donors (Lipinski definition) is 1. The molecule has 1 fully saturated rings. The van der Waals surface area contributed by atoms with Gasteiger partial charge in [0.2, 0.25) is 5.95 Å². The molecule has 108 valence electrons. The zero-order chi connectivity index (χ0) is 14.1. The maximum absolute atomic E-state index is 13.5.